The van der Waals surface area contributed by atoms with Gasteiger partial charge in [-0.05, 0) is 31.1 Å². The molecule has 0 bridgehead atoms. The average molecular weight is 241 g/mol. The van der Waals surface area contributed by atoms with Crippen LogP contribution in [0.25, 0.3) is 6.08 Å². The number of alkyl halides is 3. The molecule has 0 radical (unpaired) electrons. The first kappa shape index (κ1) is 12.0. The van der Waals surface area contributed by atoms with Crippen LogP contribution in [0.5, 0.6) is 0 Å². The number of rotatable bonds is 2. The summed E-state index contributed by atoms with van der Waals surface area (Å²) < 4.78 is 37.9. The molecule has 92 valence electrons. The fraction of sp³-hybridized carbons (Fsp3) is 0.385. The molecule has 1 heterocycles. The summed E-state index contributed by atoms with van der Waals surface area (Å²) in [5.41, 5.74) is 1.71. The molecule has 1 aromatic rings. The molecule has 1 aliphatic rings. The maximum absolute atomic E-state index is 12.6. The fourth-order valence-corrected chi connectivity index (χ4v) is 2.17. The van der Waals surface area contributed by atoms with E-state index < -0.39 is 12.1 Å². The summed E-state index contributed by atoms with van der Waals surface area (Å²) in [6.07, 6.45) is 1.20. The summed E-state index contributed by atoms with van der Waals surface area (Å²) in [5, 5.41) is 0. The Hall–Kier alpha value is -1.45. The number of aromatic nitrogens is 1. The molecule has 0 aromatic carbocycles. The summed E-state index contributed by atoms with van der Waals surface area (Å²) in [4.78, 5) is 3.09. The van der Waals surface area contributed by atoms with Crippen molar-refractivity contribution in [1.29, 1.82) is 0 Å². The number of allylic oxidation sites excluding steroid dienone is 2. The predicted molar refractivity (Wildman–Crippen MR) is 61.5 cm³/mol. The van der Waals surface area contributed by atoms with Gasteiger partial charge >= 0.3 is 6.18 Å². The van der Waals surface area contributed by atoms with Gasteiger partial charge in [0.25, 0.3) is 0 Å². The molecule has 1 nitrogen and oxygen atoms in total. The number of nitrogens with one attached hydrogen (secondary N) is 1. The Morgan fingerprint density at radius 1 is 1.35 bits per heavy atom. The van der Waals surface area contributed by atoms with E-state index in [-0.39, 0.29) is 12.3 Å². The van der Waals surface area contributed by atoms with Crippen LogP contribution in [0.15, 0.2) is 30.9 Å². The lowest BCUT2D eigenvalue weighted by molar-refractivity contribution is -0.164. The van der Waals surface area contributed by atoms with Crippen LogP contribution in [-0.2, 0) is 0 Å². The lowest BCUT2D eigenvalue weighted by atomic mass is 9.84. The first-order valence-electron chi connectivity index (χ1n) is 5.55. The Morgan fingerprint density at radius 2 is 2.12 bits per heavy atom. The van der Waals surface area contributed by atoms with Gasteiger partial charge in [0.1, 0.15) is 0 Å². The summed E-state index contributed by atoms with van der Waals surface area (Å²) in [7, 11) is 0. The van der Waals surface area contributed by atoms with Gasteiger partial charge in [0.2, 0.25) is 0 Å². The first-order chi connectivity index (χ1) is 8.00. The molecule has 1 aromatic heterocycles. The van der Waals surface area contributed by atoms with E-state index in [0.29, 0.717) is 6.42 Å². The Morgan fingerprint density at radius 3 is 2.71 bits per heavy atom. The molecule has 2 unspecified atom stereocenters. The lowest BCUT2D eigenvalue weighted by Crippen LogP contribution is -2.25. The van der Waals surface area contributed by atoms with Crippen LogP contribution in [0.3, 0.4) is 0 Å². The van der Waals surface area contributed by atoms with Gasteiger partial charge in [-0.3, -0.25) is 0 Å². The van der Waals surface area contributed by atoms with Crippen molar-refractivity contribution in [1.82, 2.24) is 4.98 Å². The van der Waals surface area contributed by atoms with Gasteiger partial charge < -0.3 is 4.98 Å². The largest absolute Gasteiger partial charge is 0.395 e. The highest BCUT2D eigenvalue weighted by atomic mass is 19.4. The van der Waals surface area contributed by atoms with Crippen LogP contribution in [0.4, 0.5) is 13.2 Å². The minimum Gasteiger partial charge on any atom is -0.359 e. The molecule has 0 aliphatic heterocycles. The van der Waals surface area contributed by atoms with Gasteiger partial charge in [0.15, 0.2) is 0 Å². The van der Waals surface area contributed by atoms with E-state index in [0.717, 1.165) is 11.4 Å². The van der Waals surface area contributed by atoms with Crippen molar-refractivity contribution in [2.75, 3.05) is 0 Å². The first-order valence-corrected chi connectivity index (χ1v) is 5.55. The Labute approximate surface area is 98.0 Å². The maximum Gasteiger partial charge on any atom is 0.395 e. The number of H-pyrrole nitrogens is 1. The SMILES string of the molecule is C=Cc1ccc(C2CC=CC(C(F)(F)F)C2)[nH]1. The average Bonchev–Trinajstić information content (AvgIpc) is 2.76. The van der Waals surface area contributed by atoms with Crippen LogP contribution in [0.2, 0.25) is 0 Å². The number of hydrogen-bond donors (Lipinski definition) is 1. The van der Waals surface area contributed by atoms with Crippen molar-refractivity contribution in [3.63, 3.8) is 0 Å². The van der Waals surface area contributed by atoms with Crippen LogP contribution in [0, 0.1) is 5.92 Å². The molecular weight excluding hydrogens is 227 g/mol. The molecule has 2 atom stereocenters. The van der Waals surface area contributed by atoms with Gasteiger partial charge in [-0.15, -0.1) is 0 Å². The van der Waals surface area contributed by atoms with Crippen molar-refractivity contribution >= 4 is 6.08 Å². The number of hydrogen-bond acceptors (Lipinski definition) is 0. The standard InChI is InChI=1S/C13H14F3N/c1-2-11-6-7-12(17-11)9-4-3-5-10(8-9)13(14,15)16/h2-3,5-7,9-10,17H,1,4,8H2. The molecule has 1 aliphatic carbocycles. The van der Waals surface area contributed by atoms with Gasteiger partial charge in [-0.1, -0.05) is 18.7 Å². The quantitative estimate of drug-likeness (QED) is 0.744. The van der Waals surface area contributed by atoms with Gasteiger partial charge in [0.05, 0.1) is 5.92 Å². The summed E-state index contributed by atoms with van der Waals surface area (Å²) in [6.45, 7) is 3.62. The third kappa shape index (κ3) is 2.62. The molecule has 4 heteroatoms. The smallest absolute Gasteiger partial charge is 0.359 e. The zero-order valence-corrected chi connectivity index (χ0v) is 9.30. The summed E-state index contributed by atoms with van der Waals surface area (Å²) in [5.74, 6) is -1.41. The van der Waals surface area contributed by atoms with Crippen molar-refractivity contribution in [3.8, 4) is 0 Å². The van der Waals surface area contributed by atoms with E-state index in [2.05, 4.69) is 11.6 Å². The Bertz CT molecular complexity index is 428. The number of halogens is 3. The van der Waals surface area contributed by atoms with Crippen LogP contribution in [0.1, 0.15) is 30.1 Å². The molecule has 2 rings (SSSR count). The summed E-state index contributed by atoms with van der Waals surface area (Å²) in [6, 6.07) is 3.68. The highest BCUT2D eigenvalue weighted by molar-refractivity contribution is 5.43. The lowest BCUT2D eigenvalue weighted by Gasteiger charge is -2.25. The maximum atomic E-state index is 12.6. The molecule has 17 heavy (non-hydrogen) atoms. The summed E-state index contributed by atoms with van der Waals surface area (Å²) >= 11 is 0. The van der Waals surface area contributed by atoms with E-state index in [1.165, 1.54) is 6.08 Å². The van der Waals surface area contributed by atoms with Crippen molar-refractivity contribution in [3.05, 3.63) is 42.3 Å². The second kappa shape index (κ2) is 4.43. The zero-order valence-electron chi connectivity index (χ0n) is 9.30. The Balaban J connectivity index is 2.14. The van der Waals surface area contributed by atoms with Crippen LogP contribution in [-0.4, -0.2) is 11.2 Å². The highest BCUT2D eigenvalue weighted by Gasteiger charge is 2.40. The van der Waals surface area contributed by atoms with E-state index in [9.17, 15) is 13.2 Å². The third-order valence-electron chi connectivity index (χ3n) is 3.14. The third-order valence-corrected chi connectivity index (χ3v) is 3.14. The minimum absolute atomic E-state index is 0.0830. The van der Waals surface area contributed by atoms with Gasteiger partial charge in [0, 0.05) is 17.3 Å². The van der Waals surface area contributed by atoms with E-state index >= 15 is 0 Å². The Kier molecular flexibility index (Phi) is 3.13. The molecule has 0 fully saturated rings. The fourth-order valence-electron chi connectivity index (χ4n) is 2.17. The van der Waals surface area contributed by atoms with Crippen LogP contribution < -0.4 is 0 Å². The second-order valence-electron chi connectivity index (χ2n) is 4.32. The van der Waals surface area contributed by atoms with Gasteiger partial charge in [-0.2, -0.15) is 13.2 Å². The topological polar surface area (TPSA) is 15.8 Å². The van der Waals surface area contributed by atoms with E-state index in [1.807, 2.05) is 12.1 Å². The predicted octanol–water partition coefficient (Wildman–Crippen LogP) is 4.27. The van der Waals surface area contributed by atoms with Crippen molar-refractivity contribution in [2.45, 2.75) is 24.9 Å². The monoisotopic (exact) mass is 241 g/mol. The molecule has 0 saturated heterocycles. The molecule has 0 amide bonds. The molecule has 0 spiro atoms. The van der Waals surface area contributed by atoms with Crippen molar-refractivity contribution in [2.24, 2.45) is 5.92 Å². The van der Waals surface area contributed by atoms with Gasteiger partial charge in [-0.25, -0.2) is 0 Å². The normalized spacial score (nSPS) is 24.9. The number of aromatic amines is 1. The van der Waals surface area contributed by atoms with E-state index in [4.69, 9.17) is 0 Å². The second-order valence-corrected chi connectivity index (χ2v) is 4.32. The molecule has 1 N–H and O–H groups in total. The highest BCUT2D eigenvalue weighted by Crippen LogP contribution is 2.39. The van der Waals surface area contributed by atoms with Crippen molar-refractivity contribution < 1.29 is 13.2 Å². The minimum atomic E-state index is -4.14. The molecular formula is C13H14F3N. The van der Waals surface area contributed by atoms with Crippen LogP contribution >= 0.6 is 0 Å². The van der Waals surface area contributed by atoms with E-state index in [1.54, 1.807) is 12.2 Å². The zero-order chi connectivity index (χ0) is 12.5. The molecule has 0 saturated carbocycles.